The Morgan fingerprint density at radius 3 is 2.55 bits per heavy atom. The van der Waals surface area contributed by atoms with Crippen LogP contribution < -0.4 is 5.32 Å². The number of nitrogens with one attached hydrogen (secondary N) is 1. The van der Waals surface area contributed by atoms with Crippen molar-refractivity contribution in [3.63, 3.8) is 0 Å². The zero-order chi connectivity index (χ0) is 14.5. The molecule has 0 bridgehead atoms. The highest BCUT2D eigenvalue weighted by atomic mass is 35.5. The number of benzene rings is 2. The van der Waals surface area contributed by atoms with Crippen LogP contribution in [0.4, 0.5) is 4.39 Å². The van der Waals surface area contributed by atoms with Gasteiger partial charge in [0.1, 0.15) is 5.82 Å². The third-order valence-corrected chi connectivity index (χ3v) is 3.75. The molecule has 1 atom stereocenters. The first kappa shape index (κ1) is 15.0. The van der Waals surface area contributed by atoms with E-state index in [-0.39, 0.29) is 11.7 Å². The molecule has 0 heterocycles. The van der Waals surface area contributed by atoms with Crippen molar-refractivity contribution in [2.75, 3.05) is 13.6 Å². The maximum atomic E-state index is 13.4. The Bertz CT molecular complexity index is 583. The summed E-state index contributed by atoms with van der Waals surface area (Å²) in [5.41, 5.74) is 2.97. The molecule has 20 heavy (non-hydrogen) atoms. The van der Waals surface area contributed by atoms with Gasteiger partial charge in [0.05, 0.1) is 0 Å². The second-order valence-corrected chi connectivity index (χ2v) is 5.44. The van der Waals surface area contributed by atoms with Crippen molar-refractivity contribution in [1.29, 1.82) is 0 Å². The Morgan fingerprint density at radius 2 is 1.90 bits per heavy atom. The Labute approximate surface area is 124 Å². The van der Waals surface area contributed by atoms with Crippen LogP contribution in [0.2, 0.25) is 5.02 Å². The molecule has 0 aliphatic rings. The quantitative estimate of drug-likeness (QED) is 0.853. The molecule has 1 nitrogen and oxygen atoms in total. The molecule has 1 unspecified atom stereocenters. The van der Waals surface area contributed by atoms with Gasteiger partial charge < -0.3 is 5.32 Å². The first-order chi connectivity index (χ1) is 9.61. The molecule has 0 fully saturated rings. The minimum atomic E-state index is -0.160. The lowest BCUT2D eigenvalue weighted by atomic mass is 9.88. The smallest absolute Gasteiger partial charge is 0.126 e. The average molecular weight is 292 g/mol. The van der Waals surface area contributed by atoms with Gasteiger partial charge in [-0.3, -0.25) is 0 Å². The van der Waals surface area contributed by atoms with E-state index >= 15 is 0 Å². The average Bonchev–Trinajstić information content (AvgIpc) is 2.43. The molecule has 3 heteroatoms. The maximum Gasteiger partial charge on any atom is 0.126 e. The summed E-state index contributed by atoms with van der Waals surface area (Å²) in [5.74, 6) is 0.0626. The van der Waals surface area contributed by atoms with E-state index < -0.39 is 0 Å². The molecule has 2 aromatic carbocycles. The summed E-state index contributed by atoms with van der Waals surface area (Å²) in [6.45, 7) is 2.69. The fourth-order valence-corrected chi connectivity index (χ4v) is 2.62. The summed E-state index contributed by atoms with van der Waals surface area (Å²) < 4.78 is 13.4. The summed E-state index contributed by atoms with van der Waals surface area (Å²) in [4.78, 5) is 0. The van der Waals surface area contributed by atoms with Crippen molar-refractivity contribution < 1.29 is 4.39 Å². The molecule has 106 valence electrons. The molecular formula is C17H19ClFN. The number of halogens is 2. The monoisotopic (exact) mass is 291 g/mol. The van der Waals surface area contributed by atoms with Gasteiger partial charge in [-0.05, 0) is 61.8 Å². The lowest BCUT2D eigenvalue weighted by Crippen LogP contribution is -2.13. The van der Waals surface area contributed by atoms with Crippen LogP contribution in [0, 0.1) is 12.7 Å². The zero-order valence-electron chi connectivity index (χ0n) is 11.8. The van der Waals surface area contributed by atoms with Crippen LogP contribution in [0.3, 0.4) is 0 Å². The topological polar surface area (TPSA) is 12.0 Å². The van der Waals surface area contributed by atoms with E-state index in [0.717, 1.165) is 23.6 Å². The largest absolute Gasteiger partial charge is 0.320 e. The Balaban J connectivity index is 2.38. The molecule has 2 aromatic rings. The first-order valence-electron chi connectivity index (χ1n) is 6.78. The molecule has 0 radical (unpaired) electrons. The predicted octanol–water partition coefficient (Wildman–Crippen LogP) is 4.53. The Hall–Kier alpha value is -1.38. The predicted molar refractivity (Wildman–Crippen MR) is 83.0 cm³/mol. The van der Waals surface area contributed by atoms with Gasteiger partial charge in [-0.15, -0.1) is 0 Å². The van der Waals surface area contributed by atoms with Gasteiger partial charge >= 0.3 is 0 Å². The van der Waals surface area contributed by atoms with Crippen molar-refractivity contribution in [3.05, 3.63) is 70.0 Å². The third-order valence-electron chi connectivity index (χ3n) is 3.52. The van der Waals surface area contributed by atoms with Crippen molar-refractivity contribution in [2.24, 2.45) is 0 Å². The number of rotatable bonds is 5. The van der Waals surface area contributed by atoms with E-state index in [9.17, 15) is 4.39 Å². The summed E-state index contributed by atoms with van der Waals surface area (Å²) in [5, 5.41) is 3.90. The molecule has 2 rings (SSSR count). The highest BCUT2D eigenvalue weighted by Crippen LogP contribution is 2.30. The van der Waals surface area contributed by atoms with E-state index in [0.29, 0.717) is 5.56 Å². The van der Waals surface area contributed by atoms with Crippen LogP contribution in [-0.4, -0.2) is 13.6 Å². The van der Waals surface area contributed by atoms with Gasteiger partial charge in [0, 0.05) is 10.9 Å². The second-order valence-electron chi connectivity index (χ2n) is 5.01. The van der Waals surface area contributed by atoms with Crippen LogP contribution in [-0.2, 0) is 0 Å². The van der Waals surface area contributed by atoms with Gasteiger partial charge in [-0.1, -0.05) is 35.9 Å². The van der Waals surface area contributed by atoms with Crippen LogP contribution in [0.15, 0.2) is 42.5 Å². The highest BCUT2D eigenvalue weighted by Gasteiger charge is 2.15. The van der Waals surface area contributed by atoms with E-state index in [1.54, 1.807) is 13.0 Å². The number of hydrogen-bond acceptors (Lipinski definition) is 1. The molecule has 1 N–H and O–H groups in total. The van der Waals surface area contributed by atoms with E-state index in [4.69, 9.17) is 11.6 Å². The fraction of sp³-hybridized carbons (Fsp3) is 0.294. The molecule has 0 saturated carbocycles. The van der Waals surface area contributed by atoms with Crippen molar-refractivity contribution in [2.45, 2.75) is 19.3 Å². The number of aryl methyl sites for hydroxylation is 1. The standard InChI is InChI=1S/C17H19ClFN/c1-12-10-14(6-7-17(12)19)16(8-9-20-2)13-4-3-5-15(18)11-13/h3-7,10-11,16,20H,8-9H2,1-2H3. The summed E-state index contributed by atoms with van der Waals surface area (Å²) in [7, 11) is 1.94. The Kier molecular flexibility index (Phi) is 5.16. The van der Waals surface area contributed by atoms with Crippen LogP contribution in [0.5, 0.6) is 0 Å². The molecule has 0 spiro atoms. The van der Waals surface area contributed by atoms with E-state index in [2.05, 4.69) is 11.4 Å². The lowest BCUT2D eigenvalue weighted by molar-refractivity contribution is 0.613. The molecular weight excluding hydrogens is 273 g/mol. The van der Waals surface area contributed by atoms with Gasteiger partial charge in [0.25, 0.3) is 0 Å². The highest BCUT2D eigenvalue weighted by molar-refractivity contribution is 6.30. The van der Waals surface area contributed by atoms with Gasteiger partial charge in [-0.25, -0.2) is 4.39 Å². The van der Waals surface area contributed by atoms with Gasteiger partial charge in [0.2, 0.25) is 0 Å². The molecule has 0 aliphatic heterocycles. The minimum absolute atomic E-state index is 0.160. The maximum absolute atomic E-state index is 13.4. The van der Waals surface area contributed by atoms with Crippen LogP contribution in [0.25, 0.3) is 0 Å². The van der Waals surface area contributed by atoms with E-state index in [1.807, 2.05) is 37.4 Å². The summed E-state index contributed by atoms with van der Waals surface area (Å²) >= 11 is 6.09. The fourth-order valence-electron chi connectivity index (χ4n) is 2.42. The number of hydrogen-bond donors (Lipinski definition) is 1. The van der Waals surface area contributed by atoms with Crippen molar-refractivity contribution in [1.82, 2.24) is 5.32 Å². The van der Waals surface area contributed by atoms with Gasteiger partial charge in [0.15, 0.2) is 0 Å². The van der Waals surface area contributed by atoms with E-state index in [1.165, 1.54) is 5.56 Å². The van der Waals surface area contributed by atoms with Crippen molar-refractivity contribution >= 4 is 11.6 Å². The van der Waals surface area contributed by atoms with Gasteiger partial charge in [-0.2, -0.15) is 0 Å². The zero-order valence-corrected chi connectivity index (χ0v) is 12.5. The normalized spacial score (nSPS) is 12.4. The Morgan fingerprint density at radius 1 is 1.15 bits per heavy atom. The second kappa shape index (κ2) is 6.87. The summed E-state index contributed by atoms with van der Waals surface area (Å²) in [6, 6.07) is 13.2. The van der Waals surface area contributed by atoms with Crippen molar-refractivity contribution in [3.8, 4) is 0 Å². The van der Waals surface area contributed by atoms with Crippen LogP contribution in [0.1, 0.15) is 29.0 Å². The van der Waals surface area contributed by atoms with Crippen LogP contribution >= 0.6 is 11.6 Å². The first-order valence-corrected chi connectivity index (χ1v) is 7.15. The lowest BCUT2D eigenvalue weighted by Gasteiger charge is -2.19. The molecule has 0 saturated heterocycles. The molecule has 0 aromatic heterocycles. The third kappa shape index (κ3) is 3.59. The minimum Gasteiger partial charge on any atom is -0.320 e. The SMILES string of the molecule is CNCCC(c1cccc(Cl)c1)c1ccc(F)c(C)c1. The summed E-state index contributed by atoms with van der Waals surface area (Å²) in [6.07, 6.45) is 0.946. The molecule has 0 amide bonds. The molecule has 0 aliphatic carbocycles.